The van der Waals surface area contributed by atoms with Crippen LogP contribution in [-0.4, -0.2) is 70.4 Å². The summed E-state index contributed by atoms with van der Waals surface area (Å²) < 4.78 is 31.5. The molecule has 1 fully saturated rings. The summed E-state index contributed by atoms with van der Waals surface area (Å²) in [7, 11) is 2.06. The predicted octanol–water partition coefficient (Wildman–Crippen LogP) is 1.88. The third-order valence-electron chi connectivity index (χ3n) is 4.56. The van der Waals surface area contributed by atoms with Crippen molar-refractivity contribution in [3.05, 3.63) is 49.0 Å². The number of hydrogen-bond acceptors (Lipinski definition) is 6. The number of amides is 1. The van der Waals surface area contributed by atoms with Crippen LogP contribution >= 0.6 is 0 Å². The molecule has 1 amide bonds. The van der Waals surface area contributed by atoms with Crippen molar-refractivity contribution in [3.63, 3.8) is 0 Å². The topological polar surface area (TPSA) is 74.2 Å². The van der Waals surface area contributed by atoms with E-state index in [-0.39, 0.29) is 29.7 Å². The van der Waals surface area contributed by atoms with Crippen LogP contribution in [0.25, 0.3) is 22.0 Å². The molecule has 4 rings (SSSR count). The fraction of sp³-hybridized carbons (Fsp3) is 0.300. The number of rotatable bonds is 4. The second-order valence-corrected chi connectivity index (χ2v) is 6.57. The highest BCUT2D eigenvalue weighted by atomic mass is 16.2. The minimum atomic E-state index is -0.408. The summed E-state index contributed by atoms with van der Waals surface area (Å²) in [6, 6.07) is 2.78. The summed E-state index contributed by atoms with van der Waals surface area (Å²) in [5.41, 5.74) is 0.407. The third kappa shape index (κ3) is 4.27. The first-order valence-electron chi connectivity index (χ1n) is 10.7. The second kappa shape index (κ2) is 7.77. The van der Waals surface area contributed by atoms with Gasteiger partial charge in [0.25, 0.3) is 0 Å². The number of piperazine rings is 1. The zero-order valence-corrected chi connectivity index (χ0v) is 15.0. The number of fused-ring (bicyclic) bond motifs is 1. The molecule has 3 aromatic heterocycles. The van der Waals surface area contributed by atoms with E-state index in [9.17, 15) is 4.79 Å². The van der Waals surface area contributed by atoms with Gasteiger partial charge in [0, 0.05) is 61.9 Å². The Morgan fingerprint density at radius 2 is 2.00 bits per heavy atom. The number of carbonyl (C=O) groups is 1. The van der Waals surface area contributed by atoms with E-state index < -0.39 is 6.17 Å². The molecular formula is C20H22N6O. The van der Waals surface area contributed by atoms with Crippen molar-refractivity contribution in [1.29, 1.82) is 0 Å². The minimum absolute atomic E-state index is 0.0976. The SMILES string of the molecule is [2H]c1nc([2H])c(-c2cc3cc(NC(=O)CN4CCN(C)CC4)ncc3cn2)c([2H])c1[2H]. The number of nitrogens with one attached hydrogen (secondary N) is 1. The molecule has 1 saturated heterocycles. The zero-order chi connectivity index (χ0) is 22.1. The average molecular weight is 366 g/mol. The van der Waals surface area contributed by atoms with Gasteiger partial charge in [-0.2, -0.15) is 0 Å². The predicted molar refractivity (Wildman–Crippen MR) is 105 cm³/mol. The highest BCUT2D eigenvalue weighted by Gasteiger charge is 2.16. The Balaban J connectivity index is 1.57. The van der Waals surface area contributed by atoms with E-state index in [2.05, 4.69) is 37.1 Å². The van der Waals surface area contributed by atoms with Gasteiger partial charge in [0.05, 0.1) is 17.7 Å². The molecule has 0 saturated carbocycles. The maximum Gasteiger partial charge on any atom is 0.239 e. The molecule has 0 unspecified atom stereocenters. The number of anilines is 1. The number of likely N-dealkylation sites (N-methyl/N-ethyl adjacent to an activating group) is 1. The highest BCUT2D eigenvalue weighted by molar-refractivity contribution is 5.94. The van der Waals surface area contributed by atoms with Crippen molar-refractivity contribution < 1.29 is 10.3 Å². The van der Waals surface area contributed by atoms with E-state index in [0.29, 0.717) is 18.1 Å². The van der Waals surface area contributed by atoms with E-state index in [1.54, 1.807) is 24.5 Å². The Morgan fingerprint density at radius 1 is 1.19 bits per heavy atom. The first kappa shape index (κ1) is 13.3. The normalized spacial score (nSPS) is 17.8. The summed E-state index contributed by atoms with van der Waals surface area (Å²) in [5, 5.41) is 4.27. The average Bonchev–Trinajstić information content (AvgIpc) is 2.73. The van der Waals surface area contributed by atoms with E-state index in [0.717, 1.165) is 37.0 Å². The van der Waals surface area contributed by atoms with Crippen molar-refractivity contribution in [2.24, 2.45) is 0 Å². The van der Waals surface area contributed by atoms with Crippen LogP contribution < -0.4 is 5.32 Å². The summed E-state index contributed by atoms with van der Waals surface area (Å²) in [6.07, 6.45) is 2.48. The molecule has 1 N–H and O–H groups in total. The van der Waals surface area contributed by atoms with Crippen LogP contribution in [0.3, 0.4) is 0 Å². The molecule has 0 atom stereocenters. The van der Waals surface area contributed by atoms with Crippen LogP contribution in [0.1, 0.15) is 5.48 Å². The summed E-state index contributed by atoms with van der Waals surface area (Å²) >= 11 is 0. The van der Waals surface area contributed by atoms with Gasteiger partial charge in [-0.15, -0.1) is 0 Å². The van der Waals surface area contributed by atoms with Gasteiger partial charge in [-0.1, -0.05) is 0 Å². The molecule has 7 nitrogen and oxygen atoms in total. The Hall–Kier alpha value is -2.90. The fourth-order valence-corrected chi connectivity index (χ4v) is 2.99. The van der Waals surface area contributed by atoms with E-state index >= 15 is 0 Å². The molecular weight excluding hydrogens is 340 g/mol. The molecule has 7 heteroatoms. The number of aromatic nitrogens is 3. The van der Waals surface area contributed by atoms with Gasteiger partial charge >= 0.3 is 0 Å². The third-order valence-corrected chi connectivity index (χ3v) is 4.56. The first-order valence-corrected chi connectivity index (χ1v) is 8.73. The molecule has 1 aliphatic heterocycles. The maximum absolute atomic E-state index is 12.4. The Labute approximate surface area is 163 Å². The highest BCUT2D eigenvalue weighted by Crippen LogP contribution is 2.22. The lowest BCUT2D eigenvalue weighted by Crippen LogP contribution is -2.47. The number of nitrogens with zero attached hydrogens (tertiary/aromatic N) is 5. The lowest BCUT2D eigenvalue weighted by Gasteiger charge is -2.31. The van der Waals surface area contributed by atoms with Gasteiger partial charge in [-0.05, 0) is 36.7 Å². The van der Waals surface area contributed by atoms with E-state index in [4.69, 9.17) is 5.48 Å². The number of pyridine rings is 3. The molecule has 0 aliphatic carbocycles. The minimum Gasteiger partial charge on any atom is -0.310 e. The molecule has 4 heterocycles. The fourth-order valence-electron chi connectivity index (χ4n) is 2.99. The first-order chi connectivity index (χ1) is 14.8. The van der Waals surface area contributed by atoms with Gasteiger partial charge in [0.2, 0.25) is 5.91 Å². The molecule has 3 aromatic rings. The van der Waals surface area contributed by atoms with Crippen molar-refractivity contribution in [1.82, 2.24) is 24.8 Å². The molecule has 0 radical (unpaired) electrons. The van der Waals surface area contributed by atoms with Gasteiger partial charge < -0.3 is 10.2 Å². The van der Waals surface area contributed by atoms with Gasteiger partial charge in [-0.3, -0.25) is 19.7 Å². The Kier molecular flexibility index (Phi) is 3.83. The van der Waals surface area contributed by atoms with E-state index in [1.807, 2.05) is 0 Å². The van der Waals surface area contributed by atoms with Gasteiger partial charge in [0.1, 0.15) is 5.82 Å². The van der Waals surface area contributed by atoms with Crippen molar-refractivity contribution in [2.45, 2.75) is 0 Å². The standard InChI is InChI=1S/C20H22N6O/c1-25-5-7-26(8-6-25)14-20(27)24-19-10-16-9-18(15-3-2-4-21-11-15)22-12-17(16)13-23-19/h2-4,9-13H,5-8,14H2,1H3,(H,23,24,27)/i2D,3D,4D,11D. The number of hydrogen-bond donors (Lipinski definition) is 1. The Morgan fingerprint density at radius 3 is 2.85 bits per heavy atom. The van der Waals surface area contributed by atoms with Crippen LogP contribution in [0.15, 0.2) is 49.0 Å². The summed E-state index contributed by atoms with van der Waals surface area (Å²) in [6.45, 7) is 3.86. The quantitative estimate of drug-likeness (QED) is 0.760. The van der Waals surface area contributed by atoms with E-state index in [1.165, 1.54) is 0 Å². The largest absolute Gasteiger partial charge is 0.310 e. The molecule has 1 aliphatic rings. The maximum atomic E-state index is 12.4. The van der Waals surface area contributed by atoms with Crippen molar-refractivity contribution in [3.8, 4) is 11.3 Å². The molecule has 0 bridgehead atoms. The lowest BCUT2D eigenvalue weighted by atomic mass is 10.1. The second-order valence-electron chi connectivity index (χ2n) is 6.57. The smallest absolute Gasteiger partial charge is 0.239 e. The Bertz CT molecular complexity index is 1150. The van der Waals surface area contributed by atoms with Gasteiger partial charge in [-0.25, -0.2) is 4.98 Å². The van der Waals surface area contributed by atoms with Crippen LogP contribution in [0, 0.1) is 0 Å². The monoisotopic (exact) mass is 366 g/mol. The molecule has 138 valence electrons. The van der Waals surface area contributed by atoms with Crippen LogP contribution in [0.2, 0.25) is 0 Å². The molecule has 0 spiro atoms. The zero-order valence-electron chi connectivity index (χ0n) is 19.0. The molecule has 0 aromatic carbocycles. The lowest BCUT2D eigenvalue weighted by molar-refractivity contribution is -0.117. The van der Waals surface area contributed by atoms with Crippen LogP contribution in [0.5, 0.6) is 0 Å². The van der Waals surface area contributed by atoms with Crippen LogP contribution in [0.4, 0.5) is 5.82 Å². The van der Waals surface area contributed by atoms with Crippen molar-refractivity contribution >= 4 is 22.5 Å². The number of carbonyl (C=O) groups excluding carboxylic acids is 1. The summed E-state index contributed by atoms with van der Waals surface area (Å²) in [4.78, 5) is 29.0. The van der Waals surface area contributed by atoms with Crippen molar-refractivity contribution in [2.75, 3.05) is 45.1 Å². The molecule has 27 heavy (non-hydrogen) atoms. The summed E-state index contributed by atoms with van der Waals surface area (Å²) in [5.74, 6) is 0.267. The van der Waals surface area contributed by atoms with Crippen LogP contribution in [-0.2, 0) is 4.79 Å². The van der Waals surface area contributed by atoms with Gasteiger partial charge in [0.15, 0.2) is 0 Å².